The van der Waals surface area contributed by atoms with Crippen LogP contribution in [-0.4, -0.2) is 90.2 Å². The molecule has 8 atom stereocenters. The molecule has 13 heteroatoms. The third kappa shape index (κ3) is 6.43. The van der Waals surface area contributed by atoms with Crippen LogP contribution in [-0.2, 0) is 27.5 Å². The highest BCUT2D eigenvalue weighted by molar-refractivity contribution is 7.47. The molecule has 2 N–H and O–H groups in total. The molecule has 0 aromatic carbocycles. The lowest BCUT2D eigenvalue weighted by atomic mass is 9.51. The van der Waals surface area contributed by atoms with Crippen molar-refractivity contribution in [2.24, 2.45) is 0 Å². The topological polar surface area (TPSA) is 104 Å². The van der Waals surface area contributed by atoms with E-state index in [0.29, 0.717) is 0 Å². The van der Waals surface area contributed by atoms with E-state index >= 15 is 0 Å². The Labute approximate surface area is 179 Å². The normalized spacial score (nSPS) is 38.6. The zero-order valence-electron chi connectivity index (χ0n) is 18.7. The predicted molar refractivity (Wildman–Crippen MR) is 114 cm³/mol. The van der Waals surface area contributed by atoms with Crippen LogP contribution < -0.4 is 0 Å². The number of aliphatic hydroxyl groups is 1. The second-order valence-electron chi connectivity index (χ2n) is 9.02. The van der Waals surface area contributed by atoms with Gasteiger partial charge in [0.1, 0.15) is 20.1 Å². The van der Waals surface area contributed by atoms with Gasteiger partial charge >= 0.3 is 7.82 Å². The molecule has 2 fully saturated rings. The fourth-order valence-electron chi connectivity index (χ4n) is 2.92. The molecule has 2 aliphatic heterocycles. The smallest absolute Gasteiger partial charge is 0.409 e. The van der Waals surface area contributed by atoms with E-state index in [1.807, 2.05) is 13.1 Å². The highest BCUT2D eigenvalue weighted by Crippen LogP contribution is 2.49. The maximum atomic E-state index is 12.6. The fourth-order valence-corrected chi connectivity index (χ4v) is 5.18. The van der Waals surface area contributed by atoms with Gasteiger partial charge in [-0.2, -0.15) is 0 Å². The first-order valence-corrected chi connectivity index (χ1v) is 14.0. The Kier molecular flexibility index (Phi) is 7.84. The first-order chi connectivity index (χ1) is 13.7. The van der Waals surface area contributed by atoms with Crippen LogP contribution in [0.2, 0.25) is 18.1 Å². The van der Waals surface area contributed by atoms with Crippen molar-refractivity contribution in [2.45, 2.75) is 94.8 Å². The average Bonchev–Trinajstić information content (AvgIpc) is 3.12. The molecular formula is C16H31B3O8PSi. The van der Waals surface area contributed by atoms with Crippen LogP contribution in [0.1, 0.15) is 35.5 Å². The van der Waals surface area contributed by atoms with Crippen molar-refractivity contribution in [1.82, 2.24) is 0 Å². The van der Waals surface area contributed by atoms with E-state index in [9.17, 15) is 14.6 Å². The van der Waals surface area contributed by atoms with E-state index in [1.165, 1.54) is 7.17 Å². The minimum Gasteiger partial charge on any atom is -0.409 e. The Hall–Kier alpha value is 0.362. The molecule has 0 aromatic heterocycles. The van der Waals surface area contributed by atoms with E-state index in [0.717, 1.165) is 0 Å². The van der Waals surface area contributed by atoms with Crippen LogP contribution in [0, 0.1) is 0 Å². The molecule has 0 aliphatic carbocycles. The standard InChI is InChI=1S/C16H31B3O8PSi/c1-9-13(14(15(17)24-9)27-29(5,6)16(2,3)4)26-28(21,22)23-8-11-10(20)7-12(19-18)25-11/h9-15,20H,7-8H2,1-6H3,(H,21,22)/t9-,10?,11-,12-,13?,14+,15-/m1/s1/i1D. The minimum absolute atomic E-state index is 0.137. The molecule has 29 heavy (non-hydrogen) atoms. The van der Waals surface area contributed by atoms with Gasteiger partial charge in [-0.25, -0.2) is 4.57 Å². The Morgan fingerprint density at radius 1 is 1.34 bits per heavy atom. The van der Waals surface area contributed by atoms with Crippen molar-refractivity contribution < 1.29 is 38.9 Å². The molecule has 0 bridgehead atoms. The third-order valence-corrected chi connectivity index (χ3v) is 11.2. The number of phosphoric acid groups is 1. The van der Waals surface area contributed by atoms with Crippen LogP contribution in [0.15, 0.2) is 0 Å². The minimum atomic E-state index is -4.59. The Morgan fingerprint density at radius 2 is 2.00 bits per heavy atom. The van der Waals surface area contributed by atoms with E-state index < -0.39 is 58.7 Å². The predicted octanol–water partition coefficient (Wildman–Crippen LogP) is 1.06. The second kappa shape index (κ2) is 9.47. The SMILES string of the molecule is [2H]C[C@H]1O[C@@H]([B])[C@@H](O[Si](C)(C)C(C)(C)C)C1OP(=O)(O)OC[C@H]1O[C@@H]([B][B])CC1O. The molecule has 5 radical (unpaired) electrons. The van der Waals surface area contributed by atoms with Crippen LogP contribution in [0.3, 0.4) is 0 Å². The summed E-state index contributed by atoms with van der Waals surface area (Å²) in [6.45, 7) is 9.60. The van der Waals surface area contributed by atoms with Crippen molar-refractivity contribution in [3.63, 3.8) is 0 Å². The van der Waals surface area contributed by atoms with Crippen molar-refractivity contribution in [3.05, 3.63) is 0 Å². The largest absolute Gasteiger partial charge is 0.472 e. The molecule has 0 amide bonds. The summed E-state index contributed by atoms with van der Waals surface area (Å²) < 4.78 is 48.0. The molecule has 3 unspecified atom stereocenters. The van der Waals surface area contributed by atoms with Crippen molar-refractivity contribution in [2.75, 3.05) is 6.61 Å². The summed E-state index contributed by atoms with van der Waals surface area (Å²) in [5.74, 6) is 0. The first kappa shape index (κ1) is 24.0. The summed E-state index contributed by atoms with van der Waals surface area (Å²) in [5.41, 5.74) is 0. The summed E-state index contributed by atoms with van der Waals surface area (Å²) >= 11 is 0. The molecule has 0 spiro atoms. The maximum Gasteiger partial charge on any atom is 0.472 e. The summed E-state index contributed by atoms with van der Waals surface area (Å²) in [7, 11) is 5.87. The lowest BCUT2D eigenvalue weighted by Gasteiger charge is -2.40. The molecule has 2 rings (SSSR count). The van der Waals surface area contributed by atoms with Gasteiger partial charge in [0, 0.05) is 21.1 Å². The van der Waals surface area contributed by atoms with E-state index in [1.54, 1.807) is 0 Å². The van der Waals surface area contributed by atoms with Gasteiger partial charge in [-0.15, -0.1) is 0 Å². The molecule has 0 saturated carbocycles. The van der Waals surface area contributed by atoms with Crippen LogP contribution >= 0.6 is 7.82 Å². The second-order valence-corrected chi connectivity index (χ2v) is 15.2. The van der Waals surface area contributed by atoms with Gasteiger partial charge in [-0.1, -0.05) is 20.8 Å². The number of aliphatic hydroxyl groups excluding tert-OH is 1. The zero-order chi connectivity index (χ0) is 22.9. The van der Waals surface area contributed by atoms with Crippen LogP contribution in [0.5, 0.6) is 0 Å². The number of hydrogen-bond acceptors (Lipinski definition) is 7. The van der Waals surface area contributed by atoms with Gasteiger partial charge < -0.3 is 23.9 Å². The lowest BCUT2D eigenvalue weighted by Crippen LogP contribution is -2.49. The van der Waals surface area contributed by atoms with Crippen molar-refractivity contribution >= 4 is 38.9 Å². The Morgan fingerprint density at radius 3 is 2.52 bits per heavy atom. The first-order valence-electron chi connectivity index (χ1n) is 10.3. The highest BCUT2D eigenvalue weighted by Gasteiger charge is 2.50. The number of hydrogen-bond donors (Lipinski definition) is 2. The van der Waals surface area contributed by atoms with E-state index in [2.05, 4.69) is 20.8 Å². The highest BCUT2D eigenvalue weighted by atomic mass is 31.2. The van der Waals surface area contributed by atoms with Crippen molar-refractivity contribution in [3.8, 4) is 0 Å². The lowest BCUT2D eigenvalue weighted by molar-refractivity contribution is -0.0204. The molecule has 0 aromatic rings. The van der Waals surface area contributed by atoms with Crippen LogP contribution in [0.4, 0.5) is 0 Å². The van der Waals surface area contributed by atoms with E-state index in [-0.39, 0.29) is 25.0 Å². The average molecular weight is 444 g/mol. The summed E-state index contributed by atoms with van der Waals surface area (Å²) in [5, 5.41) is 9.83. The molecule has 2 saturated heterocycles. The van der Waals surface area contributed by atoms with Crippen LogP contribution in [0.25, 0.3) is 0 Å². The summed E-state index contributed by atoms with van der Waals surface area (Å²) in [6.07, 6.45) is -4.14. The van der Waals surface area contributed by atoms with Gasteiger partial charge in [-0.3, -0.25) is 9.05 Å². The number of rotatable bonds is 8. The number of ether oxygens (including phenoxy) is 2. The third-order valence-electron chi connectivity index (χ3n) is 5.71. The van der Waals surface area contributed by atoms with E-state index in [4.69, 9.17) is 39.9 Å². The Bertz CT molecular complexity index is 628. The van der Waals surface area contributed by atoms with Gasteiger partial charge in [0.15, 0.2) is 8.32 Å². The van der Waals surface area contributed by atoms with Gasteiger partial charge in [-0.05, 0) is 31.5 Å². The number of phosphoric ester groups is 1. The van der Waals surface area contributed by atoms with Gasteiger partial charge in [0.2, 0.25) is 0 Å². The van der Waals surface area contributed by atoms with Crippen molar-refractivity contribution in [1.29, 1.82) is 0 Å². The van der Waals surface area contributed by atoms with Gasteiger partial charge in [0.05, 0.1) is 32.1 Å². The summed E-state index contributed by atoms with van der Waals surface area (Å²) in [6, 6.07) is -1.36. The zero-order valence-corrected chi connectivity index (χ0v) is 19.6. The quantitative estimate of drug-likeness (QED) is 0.424. The molecule has 161 valence electrons. The molecule has 8 nitrogen and oxygen atoms in total. The molecule has 2 heterocycles. The molecular weight excluding hydrogens is 412 g/mol. The molecule has 2 aliphatic rings. The Balaban J connectivity index is 2.06. The maximum absolute atomic E-state index is 12.6. The monoisotopic (exact) mass is 444 g/mol. The van der Waals surface area contributed by atoms with Gasteiger partial charge in [0.25, 0.3) is 0 Å². The summed E-state index contributed by atoms with van der Waals surface area (Å²) in [4.78, 5) is 10.3. The fraction of sp³-hybridized carbons (Fsp3) is 1.00.